The van der Waals surface area contributed by atoms with E-state index in [1.54, 1.807) is 0 Å². The second kappa shape index (κ2) is 15.5. The van der Waals surface area contributed by atoms with Gasteiger partial charge in [0.15, 0.2) is 0 Å². The number of rotatable bonds is 16. The Kier molecular flexibility index (Phi) is 14.5. The lowest BCUT2D eigenvalue weighted by molar-refractivity contribution is -0.143. The first-order chi connectivity index (χ1) is 15.0. The van der Waals surface area contributed by atoms with Crippen LogP contribution in [0.2, 0.25) is 0 Å². The van der Waals surface area contributed by atoms with E-state index in [4.69, 9.17) is 11.5 Å². The Bertz CT molecular complexity index is 615. The Balaban J connectivity index is 5.27. The Hall–Kier alpha value is -2.24. The molecule has 0 aliphatic carbocycles. The minimum atomic E-state index is -1.37. The molecule has 9 N–H and O–H groups in total. The van der Waals surface area contributed by atoms with E-state index in [2.05, 4.69) is 16.0 Å². The third kappa shape index (κ3) is 10.9. The maximum atomic E-state index is 12.8. The number of carboxylic acid groups (broad SMARTS) is 1. The lowest BCUT2D eigenvalue weighted by Crippen LogP contribution is -2.58. The van der Waals surface area contributed by atoms with Crippen LogP contribution in [0.25, 0.3) is 0 Å². The van der Waals surface area contributed by atoms with E-state index in [0.717, 1.165) is 0 Å². The fraction of sp³-hybridized carbons (Fsp3) is 0.810. The normalized spacial score (nSPS) is 15.9. The van der Waals surface area contributed by atoms with Gasteiger partial charge in [0.25, 0.3) is 0 Å². The van der Waals surface area contributed by atoms with Gasteiger partial charge in [-0.1, -0.05) is 34.1 Å². The average molecular weight is 460 g/mol. The quantitative estimate of drug-likeness (QED) is 0.144. The van der Waals surface area contributed by atoms with Crippen LogP contribution in [0.5, 0.6) is 0 Å². The molecule has 0 bridgehead atoms. The van der Waals surface area contributed by atoms with Gasteiger partial charge in [0, 0.05) is 0 Å². The van der Waals surface area contributed by atoms with E-state index in [1.807, 2.05) is 27.7 Å². The minimum absolute atomic E-state index is 0.00965. The van der Waals surface area contributed by atoms with Crippen molar-refractivity contribution < 1.29 is 29.4 Å². The van der Waals surface area contributed by atoms with E-state index in [-0.39, 0.29) is 24.7 Å². The maximum Gasteiger partial charge on any atom is 0.326 e. The van der Waals surface area contributed by atoms with Gasteiger partial charge < -0.3 is 37.6 Å². The largest absolute Gasteiger partial charge is 0.480 e. The molecule has 0 aliphatic rings. The van der Waals surface area contributed by atoms with E-state index in [1.165, 1.54) is 0 Å². The number of unbranched alkanes of at least 4 members (excludes halogenated alkanes) is 1. The zero-order valence-corrected chi connectivity index (χ0v) is 19.6. The highest BCUT2D eigenvalue weighted by molar-refractivity contribution is 5.94. The number of aliphatic hydroxyl groups excluding tert-OH is 1. The average Bonchev–Trinajstić information content (AvgIpc) is 2.74. The molecule has 5 unspecified atom stereocenters. The smallest absolute Gasteiger partial charge is 0.326 e. The van der Waals surface area contributed by atoms with Gasteiger partial charge in [0.2, 0.25) is 17.7 Å². The van der Waals surface area contributed by atoms with Crippen molar-refractivity contribution in [2.24, 2.45) is 23.3 Å². The molecular formula is C21H41N5O6. The third-order valence-corrected chi connectivity index (χ3v) is 5.28. The molecule has 0 aromatic heterocycles. The van der Waals surface area contributed by atoms with Gasteiger partial charge in [-0.05, 0) is 44.1 Å². The summed E-state index contributed by atoms with van der Waals surface area (Å²) >= 11 is 0. The Morgan fingerprint density at radius 1 is 0.875 bits per heavy atom. The summed E-state index contributed by atoms with van der Waals surface area (Å²) in [4.78, 5) is 49.1. The number of carbonyl (C=O) groups excluding carboxylic acids is 3. The topological polar surface area (TPSA) is 197 Å². The number of carboxylic acids is 1. The van der Waals surface area contributed by atoms with Crippen molar-refractivity contribution in [2.75, 3.05) is 13.2 Å². The summed E-state index contributed by atoms with van der Waals surface area (Å²) in [6.07, 6.45) is 2.34. The van der Waals surface area contributed by atoms with Crippen LogP contribution in [-0.2, 0) is 19.2 Å². The number of nitrogens with two attached hydrogens (primary N) is 2. The highest BCUT2D eigenvalue weighted by Gasteiger charge is 2.30. The first-order valence-corrected chi connectivity index (χ1v) is 11.2. The standard InChI is InChI=1S/C21H41N5O6/c1-5-13(4)17(23)20(30)24-14(8-6-7-9-22)18(28)26-16(11-27)19(29)25-15(21(31)32)10-12(2)3/h12-17,27H,5-11,22-23H2,1-4H3,(H,24,30)(H,25,29)(H,26,28)(H,31,32). The monoisotopic (exact) mass is 459 g/mol. The first-order valence-electron chi connectivity index (χ1n) is 11.2. The lowest BCUT2D eigenvalue weighted by atomic mass is 9.98. The summed E-state index contributed by atoms with van der Waals surface area (Å²) in [6, 6.07) is -4.29. The summed E-state index contributed by atoms with van der Waals surface area (Å²) < 4.78 is 0. The van der Waals surface area contributed by atoms with Crippen LogP contribution in [-0.4, -0.2) is 71.2 Å². The molecule has 11 nitrogen and oxygen atoms in total. The molecule has 186 valence electrons. The predicted octanol–water partition coefficient (Wildman–Crippen LogP) is -0.934. The number of aliphatic carboxylic acids is 1. The van der Waals surface area contributed by atoms with Gasteiger partial charge in [0.1, 0.15) is 18.1 Å². The van der Waals surface area contributed by atoms with Gasteiger partial charge in [-0.25, -0.2) is 4.79 Å². The van der Waals surface area contributed by atoms with Crippen LogP contribution in [0, 0.1) is 11.8 Å². The van der Waals surface area contributed by atoms with Gasteiger partial charge >= 0.3 is 5.97 Å². The minimum Gasteiger partial charge on any atom is -0.480 e. The van der Waals surface area contributed by atoms with Crippen LogP contribution >= 0.6 is 0 Å². The van der Waals surface area contributed by atoms with E-state index < -0.39 is 54.5 Å². The zero-order chi connectivity index (χ0) is 24.8. The Morgan fingerprint density at radius 2 is 1.41 bits per heavy atom. The molecule has 5 atom stereocenters. The van der Waals surface area contributed by atoms with Crippen molar-refractivity contribution in [3.05, 3.63) is 0 Å². The fourth-order valence-corrected chi connectivity index (χ4v) is 2.97. The number of aliphatic hydroxyl groups is 1. The maximum absolute atomic E-state index is 12.8. The molecular weight excluding hydrogens is 418 g/mol. The summed E-state index contributed by atoms with van der Waals surface area (Å²) in [5, 5.41) is 26.3. The molecule has 3 amide bonds. The zero-order valence-electron chi connectivity index (χ0n) is 19.6. The van der Waals surface area contributed by atoms with E-state index in [0.29, 0.717) is 25.8 Å². The molecule has 11 heteroatoms. The molecule has 0 rings (SSSR count). The summed E-state index contributed by atoms with van der Waals surface area (Å²) in [7, 11) is 0. The van der Waals surface area contributed by atoms with Crippen LogP contribution in [0.1, 0.15) is 59.8 Å². The molecule has 0 radical (unpaired) electrons. The Morgan fingerprint density at radius 3 is 1.88 bits per heavy atom. The molecule has 0 spiro atoms. The van der Waals surface area contributed by atoms with Crippen LogP contribution < -0.4 is 27.4 Å². The lowest BCUT2D eigenvalue weighted by Gasteiger charge is -2.25. The van der Waals surface area contributed by atoms with Crippen molar-refractivity contribution in [2.45, 2.75) is 84.0 Å². The van der Waals surface area contributed by atoms with Crippen molar-refractivity contribution in [1.82, 2.24) is 16.0 Å². The van der Waals surface area contributed by atoms with Gasteiger partial charge in [-0.15, -0.1) is 0 Å². The van der Waals surface area contributed by atoms with Crippen LogP contribution in [0.3, 0.4) is 0 Å². The Labute approximate surface area is 190 Å². The number of hydrogen-bond donors (Lipinski definition) is 7. The van der Waals surface area contributed by atoms with Gasteiger partial charge in [-0.3, -0.25) is 14.4 Å². The summed E-state index contributed by atoms with van der Waals surface area (Å²) in [6.45, 7) is 7.04. The summed E-state index contributed by atoms with van der Waals surface area (Å²) in [5.41, 5.74) is 11.5. The van der Waals surface area contributed by atoms with E-state index >= 15 is 0 Å². The SMILES string of the molecule is CCC(C)C(N)C(=O)NC(CCCCN)C(=O)NC(CO)C(=O)NC(CC(C)C)C(=O)O. The number of hydrogen-bond acceptors (Lipinski definition) is 7. The second-order valence-electron chi connectivity index (χ2n) is 8.53. The van der Waals surface area contributed by atoms with Gasteiger partial charge in [0.05, 0.1) is 12.6 Å². The highest BCUT2D eigenvalue weighted by atomic mass is 16.4. The van der Waals surface area contributed by atoms with Crippen LogP contribution in [0.15, 0.2) is 0 Å². The highest BCUT2D eigenvalue weighted by Crippen LogP contribution is 2.08. The predicted molar refractivity (Wildman–Crippen MR) is 120 cm³/mol. The molecule has 0 saturated carbocycles. The molecule has 0 aliphatic heterocycles. The molecule has 0 aromatic rings. The van der Waals surface area contributed by atoms with E-state index in [9.17, 15) is 29.4 Å². The number of nitrogens with one attached hydrogen (secondary N) is 3. The second-order valence-corrected chi connectivity index (χ2v) is 8.53. The third-order valence-electron chi connectivity index (χ3n) is 5.28. The molecule has 0 fully saturated rings. The van der Waals surface area contributed by atoms with Crippen molar-refractivity contribution >= 4 is 23.7 Å². The van der Waals surface area contributed by atoms with Crippen LogP contribution in [0.4, 0.5) is 0 Å². The number of amides is 3. The molecule has 0 heterocycles. The molecule has 0 saturated heterocycles. The molecule has 0 aromatic carbocycles. The number of carbonyl (C=O) groups is 4. The van der Waals surface area contributed by atoms with Crippen molar-refractivity contribution in [1.29, 1.82) is 0 Å². The van der Waals surface area contributed by atoms with Gasteiger partial charge in [-0.2, -0.15) is 0 Å². The van der Waals surface area contributed by atoms with Crippen molar-refractivity contribution in [3.63, 3.8) is 0 Å². The molecule has 32 heavy (non-hydrogen) atoms. The van der Waals surface area contributed by atoms with Crippen molar-refractivity contribution in [3.8, 4) is 0 Å². The summed E-state index contributed by atoms with van der Waals surface area (Å²) in [5.74, 6) is -3.27. The first kappa shape index (κ1) is 29.8. The fourth-order valence-electron chi connectivity index (χ4n) is 2.97.